The fourth-order valence-electron chi connectivity index (χ4n) is 5.51. The lowest BCUT2D eigenvalue weighted by atomic mass is 10.0. The third kappa shape index (κ3) is 36.8. The lowest BCUT2D eigenvalue weighted by Crippen LogP contribution is -2.29. The molecule has 0 aromatic rings. The van der Waals surface area contributed by atoms with Crippen LogP contribution < -0.4 is 0 Å². The van der Waals surface area contributed by atoms with Gasteiger partial charge in [-0.15, -0.1) is 0 Å². The molecular weight excluding hydrogens is 699 g/mol. The molecule has 0 rings (SSSR count). The van der Waals surface area contributed by atoms with E-state index in [0.717, 1.165) is 57.3 Å². The van der Waals surface area contributed by atoms with E-state index >= 15 is 0 Å². The van der Waals surface area contributed by atoms with E-state index in [4.69, 9.17) is 19.1 Å². The van der Waals surface area contributed by atoms with Gasteiger partial charge in [-0.05, 0) is 44.1 Å². The Hall–Kier alpha value is -1.88. The number of phosphoric ester groups is 1. The number of esters is 2. The van der Waals surface area contributed by atoms with Crippen LogP contribution in [-0.2, 0) is 37.5 Å². The molecule has 0 amide bonds. The number of phosphoric acid groups is 1. The highest BCUT2D eigenvalue weighted by atomic mass is 31.2. The minimum atomic E-state index is -4.64. The SMILES string of the molecule is CCCCC/C=C\C=C\C(=O)CCCCCCCC(=O)OC[C@H](COP(=O)(O)OC[C@@H](O)CO)OC(=O)CCCCCCCCCCCCCC(C)C. The number of hydrogen-bond donors (Lipinski definition) is 3. The maximum atomic E-state index is 12.6. The number of aliphatic hydroxyl groups excluding tert-OH is 2. The van der Waals surface area contributed by atoms with Crippen molar-refractivity contribution in [2.45, 2.75) is 187 Å². The second kappa shape index (κ2) is 35.8. The Bertz CT molecular complexity index is 1010. The molecule has 0 spiro atoms. The monoisotopic (exact) mass is 775 g/mol. The van der Waals surface area contributed by atoms with Gasteiger partial charge in [0.1, 0.15) is 12.7 Å². The number of ketones is 1. The molecule has 53 heavy (non-hydrogen) atoms. The average Bonchev–Trinajstić information content (AvgIpc) is 3.12. The van der Waals surface area contributed by atoms with Crippen molar-refractivity contribution < 1.29 is 52.6 Å². The lowest BCUT2D eigenvalue weighted by Gasteiger charge is -2.20. The van der Waals surface area contributed by atoms with Crippen LogP contribution in [0.2, 0.25) is 0 Å². The Morgan fingerprint density at radius 2 is 1.19 bits per heavy atom. The Balaban J connectivity index is 4.40. The molecule has 1 unspecified atom stereocenters. The van der Waals surface area contributed by atoms with Crippen LogP contribution in [0.3, 0.4) is 0 Å². The average molecular weight is 775 g/mol. The van der Waals surface area contributed by atoms with Crippen molar-refractivity contribution in [3.05, 3.63) is 24.3 Å². The molecule has 3 atom stereocenters. The standard InChI is InChI=1S/C41H75O11P/c1-4-5-6-7-13-18-23-28-37(43)29-24-19-16-21-25-30-40(45)49-34-39(35-51-53(47,48)50-33-38(44)32-42)52-41(46)31-26-20-15-12-10-8-9-11-14-17-22-27-36(2)3/h13,18,23,28,36,38-39,42,44H,4-12,14-17,19-22,24-27,29-35H2,1-3H3,(H,47,48)/b18-13-,28-23+/t38-,39+/m0/s1. The molecule has 310 valence electrons. The van der Waals surface area contributed by atoms with Gasteiger partial charge >= 0.3 is 19.8 Å². The zero-order chi connectivity index (χ0) is 39.4. The largest absolute Gasteiger partial charge is 0.472 e. The maximum Gasteiger partial charge on any atom is 0.472 e. The fraction of sp³-hybridized carbons (Fsp3) is 0.829. The smallest absolute Gasteiger partial charge is 0.462 e. The van der Waals surface area contributed by atoms with Crippen LogP contribution in [0.25, 0.3) is 0 Å². The molecule has 11 nitrogen and oxygen atoms in total. The molecule has 3 N–H and O–H groups in total. The molecular formula is C41H75O11P. The predicted molar refractivity (Wildman–Crippen MR) is 210 cm³/mol. The number of unbranched alkanes of at least 4 members (excludes halogenated alkanes) is 17. The molecule has 0 aliphatic rings. The van der Waals surface area contributed by atoms with Crippen LogP contribution in [0, 0.1) is 5.92 Å². The normalized spacial score (nSPS) is 14.2. The first kappa shape index (κ1) is 51.1. The van der Waals surface area contributed by atoms with Crippen LogP contribution in [0.1, 0.15) is 175 Å². The Morgan fingerprint density at radius 3 is 1.75 bits per heavy atom. The van der Waals surface area contributed by atoms with Crippen LogP contribution >= 0.6 is 7.82 Å². The summed E-state index contributed by atoms with van der Waals surface area (Å²) in [5.41, 5.74) is 0. The van der Waals surface area contributed by atoms with Gasteiger partial charge in [0.05, 0.1) is 19.8 Å². The number of carbonyl (C=O) groups excluding carboxylic acids is 3. The van der Waals surface area contributed by atoms with Gasteiger partial charge in [-0.2, -0.15) is 0 Å². The van der Waals surface area contributed by atoms with Gasteiger partial charge in [0.25, 0.3) is 0 Å². The highest BCUT2D eigenvalue weighted by Gasteiger charge is 2.27. The summed E-state index contributed by atoms with van der Waals surface area (Å²) in [5.74, 6) is -0.118. The molecule has 0 heterocycles. The van der Waals surface area contributed by atoms with Crippen LogP contribution in [-0.4, -0.2) is 71.5 Å². The number of hydrogen-bond acceptors (Lipinski definition) is 10. The minimum absolute atomic E-state index is 0.108. The van der Waals surface area contributed by atoms with Crippen LogP contribution in [0.5, 0.6) is 0 Å². The number of aliphatic hydroxyl groups is 2. The van der Waals surface area contributed by atoms with Crippen LogP contribution in [0.4, 0.5) is 0 Å². The first-order chi connectivity index (χ1) is 25.5. The van der Waals surface area contributed by atoms with Gasteiger partial charge in [-0.1, -0.05) is 142 Å². The van der Waals surface area contributed by atoms with Gasteiger partial charge in [-0.25, -0.2) is 4.57 Å². The Labute approximate surface area is 321 Å². The van der Waals surface area contributed by atoms with Crippen molar-refractivity contribution in [3.8, 4) is 0 Å². The molecule has 0 saturated carbocycles. The molecule has 0 aliphatic carbocycles. The molecule has 0 aliphatic heterocycles. The van der Waals surface area contributed by atoms with Gasteiger partial charge in [-0.3, -0.25) is 23.4 Å². The third-order valence-corrected chi connectivity index (χ3v) is 9.71. The summed E-state index contributed by atoms with van der Waals surface area (Å²) >= 11 is 0. The molecule has 12 heteroatoms. The highest BCUT2D eigenvalue weighted by Crippen LogP contribution is 2.43. The summed E-state index contributed by atoms with van der Waals surface area (Å²) in [4.78, 5) is 46.9. The second-order valence-corrected chi connectivity index (χ2v) is 16.0. The summed E-state index contributed by atoms with van der Waals surface area (Å²) < 4.78 is 32.6. The predicted octanol–water partition coefficient (Wildman–Crippen LogP) is 9.65. The molecule has 0 aromatic heterocycles. The lowest BCUT2D eigenvalue weighted by molar-refractivity contribution is -0.161. The van der Waals surface area contributed by atoms with Crippen molar-refractivity contribution in [2.24, 2.45) is 5.92 Å². The summed E-state index contributed by atoms with van der Waals surface area (Å²) in [6.07, 6.45) is 28.3. The van der Waals surface area contributed by atoms with Gasteiger partial charge in [0.15, 0.2) is 11.9 Å². The Morgan fingerprint density at radius 1 is 0.660 bits per heavy atom. The van der Waals surface area contributed by atoms with E-state index in [-0.39, 0.29) is 25.2 Å². The topological polar surface area (TPSA) is 166 Å². The van der Waals surface area contributed by atoms with Crippen LogP contribution in [0.15, 0.2) is 24.3 Å². The number of ether oxygens (including phenoxy) is 2. The van der Waals surface area contributed by atoms with E-state index < -0.39 is 51.8 Å². The quantitative estimate of drug-likeness (QED) is 0.0180. The van der Waals surface area contributed by atoms with Gasteiger partial charge in [0, 0.05) is 19.3 Å². The van der Waals surface area contributed by atoms with E-state index in [2.05, 4.69) is 31.4 Å². The second-order valence-electron chi connectivity index (χ2n) is 14.5. The van der Waals surface area contributed by atoms with Gasteiger partial charge < -0.3 is 24.6 Å². The van der Waals surface area contributed by atoms with E-state index in [9.17, 15) is 28.9 Å². The molecule has 0 aromatic carbocycles. The molecule has 0 saturated heterocycles. The highest BCUT2D eigenvalue weighted by molar-refractivity contribution is 7.47. The van der Waals surface area contributed by atoms with E-state index in [1.54, 1.807) is 12.2 Å². The van der Waals surface area contributed by atoms with Crippen molar-refractivity contribution in [2.75, 3.05) is 26.4 Å². The minimum Gasteiger partial charge on any atom is -0.462 e. The maximum absolute atomic E-state index is 12.6. The summed E-state index contributed by atoms with van der Waals surface area (Å²) in [6.45, 7) is 4.50. The van der Waals surface area contributed by atoms with Gasteiger partial charge in [0.2, 0.25) is 0 Å². The first-order valence-electron chi connectivity index (χ1n) is 20.6. The molecule has 0 bridgehead atoms. The summed E-state index contributed by atoms with van der Waals surface area (Å²) in [6, 6.07) is 0. The zero-order valence-electron chi connectivity index (χ0n) is 33.4. The van der Waals surface area contributed by atoms with Crippen molar-refractivity contribution in [1.82, 2.24) is 0 Å². The fourth-order valence-corrected chi connectivity index (χ4v) is 6.30. The first-order valence-corrected chi connectivity index (χ1v) is 22.1. The molecule has 0 radical (unpaired) electrons. The number of allylic oxidation sites excluding steroid dienone is 4. The van der Waals surface area contributed by atoms with E-state index in [1.807, 2.05) is 6.08 Å². The number of rotatable bonds is 38. The van der Waals surface area contributed by atoms with E-state index in [1.165, 1.54) is 70.6 Å². The van der Waals surface area contributed by atoms with E-state index in [0.29, 0.717) is 19.3 Å². The van der Waals surface area contributed by atoms with Crippen molar-refractivity contribution >= 4 is 25.5 Å². The summed E-state index contributed by atoms with van der Waals surface area (Å²) in [5, 5.41) is 18.3. The van der Waals surface area contributed by atoms with Crippen molar-refractivity contribution in [3.63, 3.8) is 0 Å². The zero-order valence-corrected chi connectivity index (χ0v) is 34.3. The summed E-state index contributed by atoms with van der Waals surface area (Å²) in [7, 11) is -4.64. The Kier molecular flexibility index (Phi) is 34.5. The molecule has 0 fully saturated rings. The number of carbonyl (C=O) groups is 3. The van der Waals surface area contributed by atoms with Crippen molar-refractivity contribution in [1.29, 1.82) is 0 Å². The third-order valence-electron chi connectivity index (χ3n) is 8.76.